The number of anilines is 1. The lowest BCUT2D eigenvalue weighted by molar-refractivity contribution is -0.115. The topological polar surface area (TPSA) is 54.9 Å². The van der Waals surface area contributed by atoms with E-state index in [-0.39, 0.29) is 11.2 Å². The van der Waals surface area contributed by atoms with Gasteiger partial charge >= 0.3 is 0 Å². The molecule has 0 radical (unpaired) electrons. The van der Waals surface area contributed by atoms with Crippen molar-refractivity contribution in [2.24, 2.45) is 0 Å². The Bertz CT molecular complexity index is 849. The minimum absolute atomic E-state index is 0.0386. The summed E-state index contributed by atoms with van der Waals surface area (Å²) in [4.78, 5) is 13.6. The Morgan fingerprint density at radius 3 is 2.68 bits per heavy atom. The number of hydrogen-bond donors (Lipinski definition) is 1. The van der Waals surface area contributed by atoms with Crippen molar-refractivity contribution in [2.45, 2.75) is 30.4 Å². The average molecular weight is 370 g/mol. The lowest BCUT2D eigenvalue weighted by atomic mass is 10.1. The summed E-state index contributed by atoms with van der Waals surface area (Å²) in [5, 5.41) is 12.4. The van der Waals surface area contributed by atoms with E-state index in [4.69, 9.17) is 0 Å². The van der Waals surface area contributed by atoms with Crippen molar-refractivity contribution in [1.82, 2.24) is 10.2 Å². The average Bonchev–Trinajstić information content (AvgIpc) is 3.09. The molecule has 128 valence electrons. The molecule has 0 aliphatic carbocycles. The molecule has 1 N–H and O–H groups in total. The van der Waals surface area contributed by atoms with Crippen LogP contribution in [0.2, 0.25) is 0 Å². The second-order valence-corrected chi connectivity index (χ2v) is 7.85. The molecule has 25 heavy (non-hydrogen) atoms. The number of amides is 1. The molecule has 1 amide bonds. The van der Waals surface area contributed by atoms with Gasteiger partial charge < -0.3 is 0 Å². The highest BCUT2D eigenvalue weighted by Gasteiger charge is 2.19. The maximum absolute atomic E-state index is 12.6. The van der Waals surface area contributed by atoms with Gasteiger partial charge in [-0.05, 0) is 31.5 Å². The zero-order valence-corrected chi connectivity index (χ0v) is 15.7. The van der Waals surface area contributed by atoms with E-state index in [0.717, 1.165) is 21.9 Å². The maximum atomic E-state index is 12.6. The number of benzene rings is 2. The van der Waals surface area contributed by atoms with Crippen molar-refractivity contribution in [3.63, 3.8) is 0 Å². The number of nitrogens with one attached hydrogen (secondary N) is 1. The molecule has 0 saturated carbocycles. The van der Waals surface area contributed by atoms with Crippen LogP contribution in [0.25, 0.3) is 10.6 Å². The summed E-state index contributed by atoms with van der Waals surface area (Å²) in [6.07, 6.45) is 0.745. The van der Waals surface area contributed by atoms with E-state index < -0.39 is 0 Å². The highest BCUT2D eigenvalue weighted by Crippen LogP contribution is 2.29. The second kappa shape index (κ2) is 8.27. The third-order valence-corrected chi connectivity index (χ3v) is 5.87. The molecule has 0 fully saturated rings. The number of hydrogen-bond acceptors (Lipinski definition) is 5. The summed E-state index contributed by atoms with van der Waals surface area (Å²) >= 11 is 2.96. The monoisotopic (exact) mass is 369 g/mol. The molecule has 1 aromatic heterocycles. The minimum atomic E-state index is -0.159. The van der Waals surface area contributed by atoms with Crippen molar-refractivity contribution in [1.29, 1.82) is 0 Å². The summed E-state index contributed by atoms with van der Waals surface area (Å²) in [6, 6.07) is 18.1. The standard InChI is InChI=1S/C19H19N3OS2/c1-3-16(24-15-10-5-4-6-11-15)17(23)20-19-22-21-18(25-19)14-9-7-8-13(2)12-14/h4-12,16H,3H2,1-2H3,(H,20,22,23). The minimum Gasteiger partial charge on any atom is -0.300 e. The van der Waals surface area contributed by atoms with Gasteiger partial charge in [0.1, 0.15) is 5.01 Å². The first-order valence-electron chi connectivity index (χ1n) is 8.09. The fourth-order valence-corrected chi connectivity index (χ4v) is 4.06. The fraction of sp³-hybridized carbons (Fsp3) is 0.211. The number of rotatable bonds is 6. The number of aryl methyl sites for hydroxylation is 1. The van der Waals surface area contributed by atoms with E-state index in [1.54, 1.807) is 11.8 Å². The van der Waals surface area contributed by atoms with Crippen LogP contribution in [0.4, 0.5) is 5.13 Å². The van der Waals surface area contributed by atoms with Crippen LogP contribution in [-0.4, -0.2) is 21.4 Å². The summed E-state index contributed by atoms with van der Waals surface area (Å²) in [7, 11) is 0. The highest BCUT2D eigenvalue weighted by molar-refractivity contribution is 8.00. The number of nitrogens with zero attached hydrogens (tertiary/aromatic N) is 2. The van der Waals surface area contributed by atoms with Crippen molar-refractivity contribution in [3.05, 3.63) is 60.2 Å². The Morgan fingerprint density at radius 2 is 1.96 bits per heavy atom. The smallest absolute Gasteiger partial charge is 0.239 e. The third kappa shape index (κ3) is 4.67. The molecule has 0 aliphatic rings. The molecule has 1 heterocycles. The van der Waals surface area contributed by atoms with Gasteiger partial charge in [-0.2, -0.15) is 0 Å². The van der Waals surface area contributed by atoms with Gasteiger partial charge in [0.15, 0.2) is 0 Å². The van der Waals surface area contributed by atoms with Gasteiger partial charge in [0.2, 0.25) is 11.0 Å². The molecular weight excluding hydrogens is 350 g/mol. The van der Waals surface area contributed by atoms with E-state index in [2.05, 4.69) is 21.6 Å². The van der Waals surface area contributed by atoms with Crippen LogP contribution < -0.4 is 5.32 Å². The van der Waals surface area contributed by atoms with E-state index in [1.165, 1.54) is 16.9 Å². The van der Waals surface area contributed by atoms with Gasteiger partial charge in [0, 0.05) is 10.5 Å². The van der Waals surface area contributed by atoms with Gasteiger partial charge in [0.25, 0.3) is 0 Å². The molecular formula is C19H19N3OS2. The molecule has 0 spiro atoms. The fourth-order valence-electron chi connectivity index (χ4n) is 2.34. The SMILES string of the molecule is CCC(Sc1ccccc1)C(=O)Nc1nnc(-c2cccc(C)c2)s1. The predicted octanol–water partition coefficient (Wildman–Crippen LogP) is 5.02. The van der Waals surface area contributed by atoms with Crippen molar-refractivity contribution in [3.8, 4) is 10.6 Å². The van der Waals surface area contributed by atoms with Crippen LogP contribution in [0.1, 0.15) is 18.9 Å². The Balaban J connectivity index is 1.68. The van der Waals surface area contributed by atoms with Gasteiger partial charge in [-0.25, -0.2) is 0 Å². The third-order valence-electron chi connectivity index (χ3n) is 3.60. The Hall–Kier alpha value is -2.18. The molecule has 2 aromatic carbocycles. The Morgan fingerprint density at radius 1 is 1.16 bits per heavy atom. The second-order valence-electron chi connectivity index (χ2n) is 5.60. The normalized spacial score (nSPS) is 11.9. The summed E-state index contributed by atoms with van der Waals surface area (Å²) < 4.78 is 0. The molecule has 3 rings (SSSR count). The first-order chi connectivity index (χ1) is 12.2. The van der Waals surface area contributed by atoms with Gasteiger partial charge in [0.05, 0.1) is 5.25 Å². The Kier molecular flexibility index (Phi) is 5.83. The summed E-state index contributed by atoms with van der Waals surface area (Å²) in [5.41, 5.74) is 2.19. The first kappa shape index (κ1) is 17.6. The molecule has 6 heteroatoms. The predicted molar refractivity (Wildman–Crippen MR) is 105 cm³/mol. The number of carbonyl (C=O) groups is 1. The first-order valence-corrected chi connectivity index (χ1v) is 9.78. The molecule has 4 nitrogen and oxygen atoms in total. The van der Waals surface area contributed by atoms with E-state index in [9.17, 15) is 4.79 Å². The van der Waals surface area contributed by atoms with Crippen molar-refractivity contribution < 1.29 is 4.79 Å². The van der Waals surface area contributed by atoms with Gasteiger partial charge in [-0.1, -0.05) is 60.2 Å². The number of aromatic nitrogens is 2. The molecule has 0 aliphatic heterocycles. The van der Waals surface area contributed by atoms with E-state index in [0.29, 0.717) is 5.13 Å². The molecule has 1 atom stereocenters. The van der Waals surface area contributed by atoms with Crippen LogP contribution in [0.5, 0.6) is 0 Å². The van der Waals surface area contributed by atoms with E-state index in [1.807, 2.05) is 62.4 Å². The van der Waals surface area contributed by atoms with Crippen LogP contribution in [0, 0.1) is 6.92 Å². The van der Waals surface area contributed by atoms with E-state index >= 15 is 0 Å². The van der Waals surface area contributed by atoms with Crippen LogP contribution in [0.15, 0.2) is 59.5 Å². The highest BCUT2D eigenvalue weighted by atomic mass is 32.2. The zero-order chi connectivity index (χ0) is 17.6. The van der Waals surface area contributed by atoms with Crippen LogP contribution >= 0.6 is 23.1 Å². The zero-order valence-electron chi connectivity index (χ0n) is 14.1. The molecule has 3 aromatic rings. The molecule has 0 bridgehead atoms. The van der Waals surface area contributed by atoms with Crippen LogP contribution in [-0.2, 0) is 4.79 Å². The number of carbonyl (C=O) groups excluding carboxylic acids is 1. The summed E-state index contributed by atoms with van der Waals surface area (Å²) in [6.45, 7) is 4.05. The lowest BCUT2D eigenvalue weighted by Crippen LogP contribution is -2.24. The molecule has 1 unspecified atom stereocenters. The Labute approximate surface area is 155 Å². The number of thioether (sulfide) groups is 1. The largest absolute Gasteiger partial charge is 0.300 e. The van der Waals surface area contributed by atoms with Crippen molar-refractivity contribution in [2.75, 3.05) is 5.32 Å². The maximum Gasteiger partial charge on any atom is 0.239 e. The van der Waals surface area contributed by atoms with Gasteiger partial charge in [-0.15, -0.1) is 22.0 Å². The van der Waals surface area contributed by atoms with Crippen LogP contribution in [0.3, 0.4) is 0 Å². The summed E-state index contributed by atoms with van der Waals surface area (Å²) in [5.74, 6) is -0.0386. The van der Waals surface area contributed by atoms with Gasteiger partial charge in [-0.3, -0.25) is 10.1 Å². The lowest BCUT2D eigenvalue weighted by Gasteiger charge is -2.13. The van der Waals surface area contributed by atoms with Crippen molar-refractivity contribution >= 4 is 34.1 Å². The quantitative estimate of drug-likeness (QED) is 0.620. The molecule has 0 saturated heterocycles.